The summed E-state index contributed by atoms with van der Waals surface area (Å²) in [4.78, 5) is 18.7. The van der Waals surface area contributed by atoms with Crippen molar-refractivity contribution in [3.05, 3.63) is 51.4 Å². The second kappa shape index (κ2) is 7.57. The Morgan fingerprint density at radius 3 is 2.88 bits per heavy atom. The molecule has 0 aliphatic heterocycles. The van der Waals surface area contributed by atoms with Crippen LogP contribution in [0.25, 0.3) is 16.9 Å². The number of anilines is 1. The summed E-state index contributed by atoms with van der Waals surface area (Å²) in [6, 6.07) is 5.84. The maximum Gasteiger partial charge on any atom is 0.276 e. The molecule has 1 aliphatic carbocycles. The summed E-state index contributed by atoms with van der Waals surface area (Å²) in [7, 11) is 1.90. The lowest BCUT2D eigenvalue weighted by molar-refractivity contribution is 0.102. The van der Waals surface area contributed by atoms with E-state index in [1.165, 1.54) is 16.2 Å². The Morgan fingerprint density at radius 1 is 1.34 bits per heavy atom. The molecule has 0 saturated heterocycles. The molecule has 4 aromatic heterocycles. The zero-order valence-electron chi connectivity index (χ0n) is 18.4. The Balaban J connectivity index is 1.52. The average molecular weight is 446 g/mol. The predicted molar refractivity (Wildman–Crippen MR) is 123 cm³/mol. The van der Waals surface area contributed by atoms with Crippen molar-refractivity contribution in [1.29, 1.82) is 5.26 Å². The van der Waals surface area contributed by atoms with Crippen molar-refractivity contribution in [2.45, 2.75) is 40.0 Å². The standard InChI is InChI=1S/C23H23N7OS/c1-12-5-6-15-16(11-24)23(32-19(15)9-12)26-22(31)17-10-20-25-8-7-18(30(20)28-17)21-13(2)27-29(4)14(21)3/h7-8,10,12H,5-6,9H2,1-4H3,(H,26,31). The van der Waals surface area contributed by atoms with Crippen LogP contribution in [0.5, 0.6) is 0 Å². The van der Waals surface area contributed by atoms with Crippen LogP contribution in [0.3, 0.4) is 0 Å². The number of thiophene rings is 1. The first-order valence-electron chi connectivity index (χ1n) is 10.6. The molecule has 1 atom stereocenters. The molecular weight excluding hydrogens is 422 g/mol. The van der Waals surface area contributed by atoms with Gasteiger partial charge in [0.05, 0.1) is 17.0 Å². The summed E-state index contributed by atoms with van der Waals surface area (Å²) >= 11 is 1.51. The Labute approximate surface area is 189 Å². The summed E-state index contributed by atoms with van der Waals surface area (Å²) in [6.07, 6.45) is 4.62. The van der Waals surface area contributed by atoms with Gasteiger partial charge >= 0.3 is 0 Å². The Bertz CT molecular complexity index is 1420. The zero-order chi connectivity index (χ0) is 22.6. The SMILES string of the molecule is Cc1nn(C)c(C)c1-c1ccnc2cc(C(=O)Nc3sc4c(c3C#N)CCC(C)C4)nn12. The number of rotatable bonds is 3. The van der Waals surface area contributed by atoms with Gasteiger partial charge in [0.25, 0.3) is 5.91 Å². The van der Waals surface area contributed by atoms with E-state index >= 15 is 0 Å². The number of carbonyl (C=O) groups excluding carboxylic acids is 1. The van der Waals surface area contributed by atoms with Crippen molar-refractivity contribution in [3.8, 4) is 17.3 Å². The highest BCUT2D eigenvalue weighted by Gasteiger charge is 2.26. The summed E-state index contributed by atoms with van der Waals surface area (Å²) in [5.74, 6) is 0.253. The molecule has 4 aromatic rings. The van der Waals surface area contributed by atoms with Crippen LogP contribution in [-0.2, 0) is 19.9 Å². The first-order chi connectivity index (χ1) is 15.4. The van der Waals surface area contributed by atoms with Crippen molar-refractivity contribution in [2.75, 3.05) is 5.32 Å². The third-order valence-electron chi connectivity index (χ3n) is 6.21. The molecular formula is C23H23N7OS. The molecule has 0 spiro atoms. The molecule has 32 heavy (non-hydrogen) atoms. The molecule has 0 radical (unpaired) electrons. The van der Waals surface area contributed by atoms with Crippen molar-refractivity contribution >= 4 is 27.9 Å². The van der Waals surface area contributed by atoms with Gasteiger partial charge in [-0.1, -0.05) is 6.92 Å². The van der Waals surface area contributed by atoms with Crippen molar-refractivity contribution < 1.29 is 4.79 Å². The molecule has 8 nitrogen and oxygen atoms in total. The quantitative estimate of drug-likeness (QED) is 0.513. The fraction of sp³-hybridized carbons (Fsp3) is 0.348. The van der Waals surface area contributed by atoms with E-state index in [1.54, 1.807) is 16.8 Å². The van der Waals surface area contributed by atoms with Gasteiger partial charge in [-0.15, -0.1) is 11.3 Å². The summed E-state index contributed by atoms with van der Waals surface area (Å²) in [6.45, 7) is 6.18. The highest BCUT2D eigenvalue weighted by molar-refractivity contribution is 7.16. The highest BCUT2D eigenvalue weighted by Crippen LogP contribution is 2.39. The first-order valence-corrected chi connectivity index (χ1v) is 11.4. The second-order valence-corrected chi connectivity index (χ2v) is 9.53. The first kappa shape index (κ1) is 20.4. The van der Waals surface area contributed by atoms with Crippen LogP contribution in [0.15, 0.2) is 18.3 Å². The van der Waals surface area contributed by atoms with Crippen LogP contribution in [0.4, 0.5) is 5.00 Å². The van der Waals surface area contributed by atoms with Crippen LogP contribution in [-0.4, -0.2) is 30.3 Å². The third-order valence-corrected chi connectivity index (χ3v) is 7.38. The highest BCUT2D eigenvalue weighted by atomic mass is 32.1. The van der Waals surface area contributed by atoms with Gasteiger partial charge in [-0.2, -0.15) is 15.5 Å². The number of aryl methyl sites for hydroxylation is 2. The summed E-state index contributed by atoms with van der Waals surface area (Å²) < 4.78 is 3.51. The van der Waals surface area contributed by atoms with E-state index < -0.39 is 0 Å². The molecule has 162 valence electrons. The number of nitrogens with one attached hydrogen (secondary N) is 1. The van der Waals surface area contributed by atoms with E-state index in [-0.39, 0.29) is 11.6 Å². The van der Waals surface area contributed by atoms with Gasteiger partial charge < -0.3 is 5.32 Å². The van der Waals surface area contributed by atoms with Crippen molar-refractivity contribution in [3.63, 3.8) is 0 Å². The number of amides is 1. The van der Waals surface area contributed by atoms with Gasteiger partial charge in [0.2, 0.25) is 0 Å². The lowest BCUT2D eigenvalue weighted by Gasteiger charge is -2.17. The van der Waals surface area contributed by atoms with E-state index in [1.807, 2.05) is 31.6 Å². The minimum atomic E-state index is -0.343. The van der Waals surface area contributed by atoms with Crippen molar-refractivity contribution in [2.24, 2.45) is 13.0 Å². The molecule has 1 N–H and O–H groups in total. The number of hydrogen-bond acceptors (Lipinski definition) is 6. The minimum absolute atomic E-state index is 0.257. The zero-order valence-corrected chi connectivity index (χ0v) is 19.2. The average Bonchev–Trinajstić information content (AvgIpc) is 3.41. The van der Waals surface area contributed by atoms with E-state index in [0.29, 0.717) is 22.1 Å². The van der Waals surface area contributed by atoms with Crippen LogP contribution in [0.2, 0.25) is 0 Å². The molecule has 0 aromatic carbocycles. The molecule has 0 bridgehead atoms. The lowest BCUT2D eigenvalue weighted by atomic mass is 9.89. The second-order valence-electron chi connectivity index (χ2n) is 8.42. The van der Waals surface area contributed by atoms with E-state index in [0.717, 1.165) is 47.5 Å². The van der Waals surface area contributed by atoms with Gasteiger partial charge in [0, 0.05) is 35.4 Å². The Morgan fingerprint density at radius 2 is 2.16 bits per heavy atom. The normalized spacial score (nSPS) is 15.5. The molecule has 5 rings (SSSR count). The fourth-order valence-corrected chi connectivity index (χ4v) is 5.82. The molecule has 0 saturated carbocycles. The molecule has 0 fully saturated rings. The topological polar surface area (TPSA) is 101 Å². The number of fused-ring (bicyclic) bond motifs is 2. The lowest BCUT2D eigenvalue weighted by Crippen LogP contribution is -2.13. The number of nitrogens with zero attached hydrogens (tertiary/aromatic N) is 6. The van der Waals surface area contributed by atoms with Crippen LogP contribution in [0, 0.1) is 31.1 Å². The summed E-state index contributed by atoms with van der Waals surface area (Å²) in [5, 5.41) is 22.3. The van der Waals surface area contributed by atoms with Gasteiger partial charge in [0.1, 0.15) is 11.1 Å². The van der Waals surface area contributed by atoms with E-state index in [4.69, 9.17) is 0 Å². The third kappa shape index (κ3) is 3.19. The fourth-order valence-electron chi connectivity index (χ4n) is 4.46. The monoisotopic (exact) mass is 445 g/mol. The molecule has 4 heterocycles. The van der Waals surface area contributed by atoms with Crippen LogP contribution < -0.4 is 5.32 Å². The Hall–Kier alpha value is -3.51. The van der Waals surface area contributed by atoms with Crippen LogP contribution in [0.1, 0.15) is 51.2 Å². The number of nitriles is 1. The van der Waals surface area contributed by atoms with E-state index in [2.05, 4.69) is 33.5 Å². The minimum Gasteiger partial charge on any atom is -0.311 e. The van der Waals surface area contributed by atoms with Gasteiger partial charge in [0.15, 0.2) is 11.3 Å². The van der Waals surface area contributed by atoms with Gasteiger partial charge in [-0.3, -0.25) is 9.48 Å². The Kier molecular flexibility index (Phi) is 4.82. The predicted octanol–water partition coefficient (Wildman–Crippen LogP) is 4.06. The molecule has 9 heteroatoms. The smallest absolute Gasteiger partial charge is 0.276 e. The molecule has 1 amide bonds. The van der Waals surface area contributed by atoms with Crippen LogP contribution >= 0.6 is 11.3 Å². The maximum atomic E-state index is 13.1. The number of hydrogen-bond donors (Lipinski definition) is 1. The number of aromatic nitrogens is 5. The van der Waals surface area contributed by atoms with Gasteiger partial charge in [-0.05, 0) is 50.7 Å². The largest absolute Gasteiger partial charge is 0.311 e. The van der Waals surface area contributed by atoms with E-state index in [9.17, 15) is 10.1 Å². The molecule has 1 unspecified atom stereocenters. The van der Waals surface area contributed by atoms with Crippen molar-refractivity contribution in [1.82, 2.24) is 24.4 Å². The summed E-state index contributed by atoms with van der Waals surface area (Å²) in [5.41, 5.74) is 6.21. The number of carbonyl (C=O) groups is 1. The van der Waals surface area contributed by atoms with Gasteiger partial charge in [-0.25, -0.2) is 9.50 Å². The maximum absolute atomic E-state index is 13.1. The molecule has 1 aliphatic rings.